The molecule has 0 fully saturated rings. The lowest BCUT2D eigenvalue weighted by atomic mass is 10.2. The van der Waals surface area contributed by atoms with Crippen molar-refractivity contribution in [2.45, 2.75) is 33.0 Å². The molecule has 4 rings (SSSR count). The number of aromatic nitrogens is 5. The molecule has 10 nitrogen and oxygen atoms in total. The number of imidazole rings is 1. The van der Waals surface area contributed by atoms with Crippen molar-refractivity contribution >= 4 is 51.3 Å². The summed E-state index contributed by atoms with van der Waals surface area (Å²) in [5.74, 6) is 1.04. The van der Waals surface area contributed by atoms with Gasteiger partial charge in [-0.1, -0.05) is 23.7 Å². The van der Waals surface area contributed by atoms with Crippen molar-refractivity contribution in [1.82, 2.24) is 23.7 Å². The van der Waals surface area contributed by atoms with Crippen molar-refractivity contribution in [3.05, 3.63) is 73.5 Å². The fourth-order valence-electron chi connectivity index (χ4n) is 3.51. The summed E-state index contributed by atoms with van der Waals surface area (Å²) in [4.78, 5) is 35.0. The summed E-state index contributed by atoms with van der Waals surface area (Å²) in [5.41, 5.74) is 0.520. The quantitative estimate of drug-likeness (QED) is 0.151. The van der Waals surface area contributed by atoms with Crippen LogP contribution in [0.2, 0.25) is 5.02 Å². The maximum Gasteiger partial charge on any atom is 0.332 e. The Bertz CT molecular complexity index is 1410. The van der Waals surface area contributed by atoms with Gasteiger partial charge in [0, 0.05) is 18.6 Å². The predicted octanol–water partition coefficient (Wildman–Crippen LogP) is 3.82. The van der Waals surface area contributed by atoms with Crippen LogP contribution in [0.15, 0.2) is 44.5 Å². The average molecular weight is 618 g/mol. The van der Waals surface area contributed by atoms with E-state index in [0.29, 0.717) is 42.7 Å². The summed E-state index contributed by atoms with van der Waals surface area (Å²) < 4.78 is 21.0. The first-order valence-corrected chi connectivity index (χ1v) is 14.7. The molecular formula is C21H22ClIN5O5P. The number of fused-ring (bicyclic) bond motifs is 1. The summed E-state index contributed by atoms with van der Waals surface area (Å²) in [6.07, 6.45) is 2.13. The molecule has 0 saturated carbocycles. The molecule has 1 unspecified atom stereocenters. The minimum Gasteiger partial charge on any atom is -0.455 e. The third-order valence-electron chi connectivity index (χ3n) is 5.13. The largest absolute Gasteiger partial charge is 0.455 e. The second-order valence-corrected chi connectivity index (χ2v) is 9.71. The lowest BCUT2D eigenvalue weighted by Gasteiger charge is -2.11. The molecule has 0 aliphatic rings. The highest BCUT2D eigenvalue weighted by Crippen LogP contribution is 2.23. The number of halogens is 2. The molecule has 0 spiro atoms. The Labute approximate surface area is 214 Å². The van der Waals surface area contributed by atoms with Crippen LogP contribution in [0.25, 0.3) is 11.2 Å². The van der Waals surface area contributed by atoms with Gasteiger partial charge in [-0.2, -0.15) is 4.98 Å². The van der Waals surface area contributed by atoms with Crippen LogP contribution in [0.5, 0.6) is 6.01 Å². The monoisotopic (exact) mass is 617 g/mol. The first-order valence-electron chi connectivity index (χ1n) is 10.3. The number of oxazole rings is 1. The SMILES string of the molecule is Cc1cnc(COc2nc3c(c(=O)n(CCCOPI)c(=O)n3C)n2Cc2ccc(Cl)cc2)o1. The number of hydrogen-bond acceptors (Lipinski definition) is 7. The van der Waals surface area contributed by atoms with E-state index < -0.39 is 11.2 Å². The number of ether oxygens (including phenoxy) is 1. The van der Waals surface area contributed by atoms with Gasteiger partial charge in [0.15, 0.2) is 17.8 Å². The van der Waals surface area contributed by atoms with Crippen LogP contribution in [-0.4, -0.2) is 30.3 Å². The molecule has 0 amide bonds. The van der Waals surface area contributed by atoms with Gasteiger partial charge < -0.3 is 13.7 Å². The molecular weight excluding hydrogens is 596 g/mol. The third kappa shape index (κ3) is 5.37. The van der Waals surface area contributed by atoms with Crippen molar-refractivity contribution in [3.63, 3.8) is 0 Å². The van der Waals surface area contributed by atoms with E-state index in [1.807, 2.05) is 12.1 Å². The number of hydrogen-bond donors (Lipinski definition) is 0. The van der Waals surface area contributed by atoms with Crippen molar-refractivity contribution in [3.8, 4) is 6.01 Å². The maximum absolute atomic E-state index is 13.5. The van der Waals surface area contributed by atoms with E-state index in [9.17, 15) is 9.59 Å². The van der Waals surface area contributed by atoms with Gasteiger partial charge in [-0.25, -0.2) is 9.78 Å². The summed E-state index contributed by atoms with van der Waals surface area (Å²) in [6, 6.07) is 7.44. The van der Waals surface area contributed by atoms with Crippen LogP contribution < -0.4 is 16.0 Å². The van der Waals surface area contributed by atoms with Crippen LogP contribution >= 0.6 is 40.1 Å². The van der Waals surface area contributed by atoms with Gasteiger partial charge in [0.25, 0.3) is 11.6 Å². The second kappa shape index (κ2) is 11.0. The normalized spacial score (nSPS) is 11.8. The van der Waals surface area contributed by atoms with Gasteiger partial charge in [-0.3, -0.25) is 18.5 Å². The maximum atomic E-state index is 13.5. The Morgan fingerprint density at radius 1 is 1.21 bits per heavy atom. The highest BCUT2D eigenvalue weighted by Gasteiger charge is 2.22. The summed E-state index contributed by atoms with van der Waals surface area (Å²) in [6.45, 7) is 3.12. The highest BCUT2D eigenvalue weighted by molar-refractivity contribution is 14.2. The molecule has 0 aliphatic heterocycles. The standard InChI is InChI=1S/C21H22ClIN5O5P/c1-13-10-24-16(33-13)12-31-20-25-18-17(28(20)11-14-4-6-15(22)7-5-14)19(29)27(21(30)26(18)2)8-3-9-32-34-23/h4-7,10,34H,3,8-9,11-12H2,1-2H3. The van der Waals surface area contributed by atoms with E-state index in [2.05, 4.69) is 32.0 Å². The Balaban J connectivity index is 1.79. The Kier molecular flexibility index (Phi) is 8.07. The predicted molar refractivity (Wildman–Crippen MR) is 138 cm³/mol. The third-order valence-corrected chi connectivity index (χ3v) is 6.63. The summed E-state index contributed by atoms with van der Waals surface area (Å²) in [5, 5.41) is 0.606. The van der Waals surface area contributed by atoms with Gasteiger partial charge in [0.05, 0.1) is 25.8 Å². The molecule has 0 aliphatic carbocycles. The zero-order valence-electron chi connectivity index (χ0n) is 18.5. The number of benzene rings is 1. The Hall–Kier alpha value is -2.21. The molecule has 0 bridgehead atoms. The van der Waals surface area contributed by atoms with Crippen LogP contribution in [0.1, 0.15) is 23.6 Å². The Morgan fingerprint density at radius 2 is 1.97 bits per heavy atom. The summed E-state index contributed by atoms with van der Waals surface area (Å²) >= 11 is 8.16. The molecule has 4 aromatic rings. The van der Waals surface area contributed by atoms with Crippen molar-refractivity contribution in [2.24, 2.45) is 7.05 Å². The molecule has 0 saturated heterocycles. The van der Waals surface area contributed by atoms with Crippen LogP contribution in [0.4, 0.5) is 0 Å². The zero-order chi connectivity index (χ0) is 24.2. The molecule has 1 aromatic carbocycles. The van der Waals surface area contributed by atoms with E-state index in [1.54, 1.807) is 36.9 Å². The Morgan fingerprint density at radius 3 is 2.65 bits per heavy atom. The topological polar surface area (TPSA) is 106 Å². The number of nitrogens with zero attached hydrogens (tertiary/aromatic N) is 5. The van der Waals surface area contributed by atoms with Crippen molar-refractivity contribution < 1.29 is 13.7 Å². The minimum absolute atomic E-state index is 0.0222. The van der Waals surface area contributed by atoms with Crippen LogP contribution in [0.3, 0.4) is 0 Å². The minimum atomic E-state index is -0.444. The molecule has 3 heterocycles. The first kappa shape index (κ1) is 24.9. The van der Waals surface area contributed by atoms with E-state index in [-0.39, 0.29) is 30.3 Å². The van der Waals surface area contributed by atoms with Crippen LogP contribution in [-0.2, 0) is 31.3 Å². The van der Waals surface area contributed by atoms with Gasteiger partial charge >= 0.3 is 5.69 Å². The fourth-order valence-corrected chi connectivity index (χ4v) is 4.51. The molecule has 180 valence electrons. The van der Waals surface area contributed by atoms with Gasteiger partial charge in [0.2, 0.25) is 5.89 Å². The molecule has 34 heavy (non-hydrogen) atoms. The molecule has 0 N–H and O–H groups in total. The number of aryl methyl sites for hydroxylation is 2. The van der Waals surface area contributed by atoms with E-state index in [1.165, 1.54) is 9.13 Å². The lowest BCUT2D eigenvalue weighted by molar-refractivity contribution is 0.234. The van der Waals surface area contributed by atoms with Gasteiger partial charge in [0.1, 0.15) is 5.76 Å². The van der Waals surface area contributed by atoms with Gasteiger partial charge in [-0.15, -0.1) is 0 Å². The summed E-state index contributed by atoms with van der Waals surface area (Å²) in [7, 11) is 1.59. The first-order chi connectivity index (χ1) is 16.4. The highest BCUT2D eigenvalue weighted by atomic mass is 127. The van der Waals surface area contributed by atoms with E-state index in [0.717, 1.165) is 5.56 Å². The fraction of sp³-hybridized carbons (Fsp3) is 0.333. The van der Waals surface area contributed by atoms with E-state index in [4.69, 9.17) is 25.3 Å². The molecule has 0 radical (unpaired) electrons. The smallest absolute Gasteiger partial charge is 0.332 e. The molecule has 3 aromatic heterocycles. The van der Waals surface area contributed by atoms with Crippen LogP contribution in [0, 0.1) is 6.92 Å². The van der Waals surface area contributed by atoms with Gasteiger partial charge in [-0.05, 0) is 53.1 Å². The average Bonchev–Trinajstić information content (AvgIpc) is 3.40. The lowest BCUT2D eigenvalue weighted by Crippen LogP contribution is -2.40. The van der Waals surface area contributed by atoms with Crippen molar-refractivity contribution in [2.75, 3.05) is 6.61 Å². The van der Waals surface area contributed by atoms with Crippen molar-refractivity contribution in [1.29, 1.82) is 0 Å². The second-order valence-electron chi connectivity index (χ2n) is 7.51. The number of rotatable bonds is 10. The molecule has 1 atom stereocenters. The molecule has 13 heteroatoms. The zero-order valence-corrected chi connectivity index (χ0v) is 22.4. The van der Waals surface area contributed by atoms with E-state index >= 15 is 0 Å².